The minimum Gasteiger partial charge on any atom is -0.353 e. The van der Waals surface area contributed by atoms with Crippen LogP contribution in [0.25, 0.3) is 0 Å². The first-order chi connectivity index (χ1) is 18.8. The molecule has 0 unspecified atom stereocenters. The Balaban J connectivity index is 3.36. The van der Waals surface area contributed by atoms with Gasteiger partial charge in [0, 0.05) is 19.6 Å². The van der Waals surface area contributed by atoms with Gasteiger partial charge in [-0.25, -0.2) is 0 Å². The largest absolute Gasteiger partial charge is 0.353 e. The summed E-state index contributed by atoms with van der Waals surface area (Å²) in [7, 11) is 0. The van der Waals surface area contributed by atoms with Crippen LogP contribution in [0.4, 0.5) is 0 Å². The van der Waals surface area contributed by atoms with E-state index in [1.807, 2.05) is 0 Å². The zero-order valence-corrected chi connectivity index (χ0v) is 26.6. The third-order valence-electron chi connectivity index (χ3n) is 8.01. The Kier molecular flexibility index (Phi) is 34.8. The summed E-state index contributed by atoms with van der Waals surface area (Å²) in [5, 5.41) is 0. The lowest BCUT2D eigenvalue weighted by atomic mass is 10.0. The van der Waals surface area contributed by atoms with Crippen molar-refractivity contribution < 1.29 is 9.47 Å². The molecule has 0 rings (SSSR count). The highest BCUT2D eigenvalue weighted by Gasteiger charge is 2.08. The second-order valence-electron chi connectivity index (χ2n) is 11.9. The zero-order valence-electron chi connectivity index (χ0n) is 26.6. The van der Waals surface area contributed by atoms with Crippen LogP contribution in [0.15, 0.2) is 0 Å². The molecule has 0 spiro atoms. The molecule has 0 aromatic heterocycles. The summed E-state index contributed by atoms with van der Waals surface area (Å²) in [5.41, 5.74) is 5.78. The first-order valence-corrected chi connectivity index (χ1v) is 17.8. The molecule has 0 fully saturated rings. The molecule has 0 aromatic rings. The molecule has 0 saturated carbocycles. The maximum absolute atomic E-state index is 6.01. The van der Waals surface area contributed by atoms with Crippen molar-refractivity contribution >= 4 is 0 Å². The van der Waals surface area contributed by atoms with Gasteiger partial charge in [0.05, 0.1) is 0 Å². The molecule has 3 heteroatoms. The molecule has 2 N–H and O–H groups in total. The second-order valence-corrected chi connectivity index (χ2v) is 11.9. The van der Waals surface area contributed by atoms with Crippen LogP contribution >= 0.6 is 0 Å². The van der Waals surface area contributed by atoms with E-state index in [0.717, 1.165) is 32.5 Å². The molecule has 0 aliphatic heterocycles. The fraction of sp³-hybridized carbons (Fsp3) is 1.00. The summed E-state index contributed by atoms with van der Waals surface area (Å²) in [6.07, 6.45) is 39.7. The predicted molar refractivity (Wildman–Crippen MR) is 170 cm³/mol. The number of nitrogens with two attached hydrogens (primary N) is 1. The Labute approximate surface area is 241 Å². The van der Waals surface area contributed by atoms with Gasteiger partial charge in [0.2, 0.25) is 0 Å². The summed E-state index contributed by atoms with van der Waals surface area (Å²) in [6, 6.07) is 0. The fourth-order valence-corrected chi connectivity index (χ4v) is 5.37. The van der Waals surface area contributed by atoms with Crippen molar-refractivity contribution in [2.75, 3.05) is 19.8 Å². The van der Waals surface area contributed by atoms with Crippen molar-refractivity contribution in [3.8, 4) is 0 Å². The van der Waals surface area contributed by atoms with E-state index in [-0.39, 0.29) is 6.29 Å². The quantitative estimate of drug-likeness (QED) is 0.0653. The van der Waals surface area contributed by atoms with Crippen molar-refractivity contribution in [2.45, 2.75) is 206 Å². The monoisotopic (exact) mass is 540 g/mol. The minimum atomic E-state index is -0.0936. The van der Waals surface area contributed by atoms with Crippen LogP contribution in [0.2, 0.25) is 0 Å². The maximum atomic E-state index is 6.01. The van der Waals surface area contributed by atoms with Crippen LogP contribution < -0.4 is 5.73 Å². The van der Waals surface area contributed by atoms with Crippen molar-refractivity contribution in [2.24, 2.45) is 5.73 Å². The predicted octanol–water partition coefficient (Wildman–Crippen LogP) is 11.7. The highest BCUT2D eigenvalue weighted by atomic mass is 16.7. The van der Waals surface area contributed by atoms with Crippen LogP contribution in [-0.2, 0) is 9.47 Å². The number of hydrogen-bond donors (Lipinski definition) is 1. The second kappa shape index (κ2) is 34.9. The van der Waals surface area contributed by atoms with Crippen LogP contribution in [0.3, 0.4) is 0 Å². The summed E-state index contributed by atoms with van der Waals surface area (Å²) in [4.78, 5) is 0. The molecule has 0 amide bonds. The van der Waals surface area contributed by atoms with Gasteiger partial charge in [-0.05, 0) is 19.4 Å². The van der Waals surface area contributed by atoms with Gasteiger partial charge < -0.3 is 15.2 Å². The molecule has 0 saturated heterocycles. The van der Waals surface area contributed by atoms with Crippen LogP contribution in [0.5, 0.6) is 0 Å². The van der Waals surface area contributed by atoms with Gasteiger partial charge >= 0.3 is 0 Å². The first-order valence-electron chi connectivity index (χ1n) is 17.8. The van der Waals surface area contributed by atoms with Crippen molar-refractivity contribution in [3.05, 3.63) is 0 Å². The molecule has 0 bridgehead atoms. The van der Waals surface area contributed by atoms with E-state index in [1.54, 1.807) is 0 Å². The molecular formula is C35H73NO2. The van der Waals surface area contributed by atoms with E-state index in [9.17, 15) is 0 Å². The molecule has 38 heavy (non-hydrogen) atoms. The lowest BCUT2D eigenvalue weighted by Crippen LogP contribution is -2.22. The Morgan fingerprint density at radius 2 is 0.605 bits per heavy atom. The van der Waals surface area contributed by atoms with Gasteiger partial charge in [0.25, 0.3) is 0 Å². The lowest BCUT2D eigenvalue weighted by molar-refractivity contribution is -0.145. The molecule has 0 aliphatic rings. The van der Waals surface area contributed by atoms with E-state index in [1.165, 1.54) is 167 Å². The Hall–Kier alpha value is -0.120. The minimum absolute atomic E-state index is 0.0936. The molecule has 3 nitrogen and oxygen atoms in total. The Bertz CT molecular complexity index is 369. The molecule has 0 atom stereocenters. The highest BCUT2D eigenvalue weighted by molar-refractivity contribution is 4.53. The number of unbranched alkanes of at least 4 members (excludes halogenated alkanes) is 26. The summed E-state index contributed by atoms with van der Waals surface area (Å²) in [6.45, 7) is 6.87. The lowest BCUT2D eigenvalue weighted by Gasteiger charge is -2.18. The topological polar surface area (TPSA) is 44.5 Å². The van der Waals surface area contributed by atoms with Crippen molar-refractivity contribution in [1.82, 2.24) is 0 Å². The number of hydrogen-bond acceptors (Lipinski definition) is 3. The van der Waals surface area contributed by atoms with Crippen molar-refractivity contribution in [3.63, 3.8) is 0 Å². The molecule has 0 aromatic carbocycles. The van der Waals surface area contributed by atoms with E-state index in [2.05, 4.69) is 13.8 Å². The molecule has 0 aliphatic carbocycles. The van der Waals surface area contributed by atoms with Crippen molar-refractivity contribution in [1.29, 1.82) is 0 Å². The van der Waals surface area contributed by atoms with Gasteiger partial charge in [0.1, 0.15) is 0 Å². The smallest absolute Gasteiger partial charge is 0.158 e. The Morgan fingerprint density at radius 1 is 0.368 bits per heavy atom. The maximum Gasteiger partial charge on any atom is 0.158 e. The standard InChI is InChI=1S/C35H73NO2/c1-3-5-7-9-11-13-15-17-19-21-23-25-27-29-33-37-35(31-32-36)38-34-30-28-26-24-22-20-18-16-14-12-10-8-6-4-2/h35H,3-34,36H2,1-2H3. The molecular weight excluding hydrogens is 466 g/mol. The third-order valence-corrected chi connectivity index (χ3v) is 8.01. The van der Waals surface area contributed by atoms with Crippen LogP contribution in [0, 0.1) is 0 Å². The fourth-order valence-electron chi connectivity index (χ4n) is 5.37. The van der Waals surface area contributed by atoms with E-state index in [0.29, 0.717) is 6.54 Å². The summed E-state index contributed by atoms with van der Waals surface area (Å²) >= 11 is 0. The zero-order chi connectivity index (χ0) is 27.6. The van der Waals surface area contributed by atoms with Gasteiger partial charge in [0.15, 0.2) is 6.29 Å². The van der Waals surface area contributed by atoms with Crippen LogP contribution in [0.1, 0.15) is 200 Å². The van der Waals surface area contributed by atoms with Gasteiger partial charge in [-0.3, -0.25) is 0 Å². The SMILES string of the molecule is CCCCCCCCCCCCCCCCOC(CCN)OCCCCCCCCCCCCCCCC. The van der Waals surface area contributed by atoms with Crippen LogP contribution in [-0.4, -0.2) is 26.0 Å². The third kappa shape index (κ3) is 32.1. The number of rotatable bonds is 34. The normalized spacial score (nSPS) is 11.7. The molecule has 0 heterocycles. The summed E-state index contributed by atoms with van der Waals surface area (Å²) < 4.78 is 12.0. The van der Waals surface area contributed by atoms with Gasteiger partial charge in [-0.15, -0.1) is 0 Å². The average Bonchev–Trinajstić information content (AvgIpc) is 2.92. The molecule has 0 radical (unpaired) electrons. The average molecular weight is 540 g/mol. The molecule has 230 valence electrons. The highest BCUT2D eigenvalue weighted by Crippen LogP contribution is 2.15. The van der Waals surface area contributed by atoms with E-state index in [4.69, 9.17) is 15.2 Å². The van der Waals surface area contributed by atoms with Gasteiger partial charge in [-0.2, -0.15) is 0 Å². The van der Waals surface area contributed by atoms with E-state index < -0.39 is 0 Å². The summed E-state index contributed by atoms with van der Waals surface area (Å²) in [5.74, 6) is 0. The first kappa shape index (κ1) is 37.9. The van der Waals surface area contributed by atoms with Gasteiger partial charge in [-0.1, -0.05) is 181 Å². The van der Waals surface area contributed by atoms with E-state index >= 15 is 0 Å². The Morgan fingerprint density at radius 3 is 0.842 bits per heavy atom. The number of ether oxygens (including phenoxy) is 2.